The summed E-state index contributed by atoms with van der Waals surface area (Å²) in [5.41, 5.74) is 5.74. The maximum atomic E-state index is 14.9. The van der Waals surface area contributed by atoms with Crippen LogP contribution in [0.5, 0.6) is 0 Å². The number of primary amides is 1. The number of carbonyl (C=O) groups excluding carboxylic acids is 2. The highest BCUT2D eigenvalue weighted by atomic mass is 19.2. The van der Waals surface area contributed by atoms with Gasteiger partial charge in [-0.25, -0.2) is 18.7 Å². The van der Waals surface area contributed by atoms with Gasteiger partial charge in [-0.15, -0.1) is 0 Å². The molecule has 0 fully saturated rings. The van der Waals surface area contributed by atoms with Gasteiger partial charge in [-0.05, 0) is 30.7 Å². The molecule has 2 rings (SSSR count). The Bertz CT molecular complexity index is 1020. The number of carbonyl (C=O) groups is 2. The van der Waals surface area contributed by atoms with Crippen LogP contribution in [0.1, 0.15) is 27.9 Å². The molecule has 0 heterocycles. The van der Waals surface area contributed by atoms with E-state index in [0.717, 1.165) is 12.3 Å². The number of aryl methyl sites for hydroxylation is 1. The third-order valence-corrected chi connectivity index (χ3v) is 3.93. The fourth-order valence-corrected chi connectivity index (χ4v) is 2.41. The minimum atomic E-state index is -1.49. The number of halogens is 3. The second-order valence-corrected chi connectivity index (χ2v) is 6.41. The number of oxime groups is 1. The van der Waals surface area contributed by atoms with Gasteiger partial charge in [0.2, 0.25) is 5.91 Å². The number of nitrogens with one attached hydrogen (secondary N) is 2. The van der Waals surface area contributed by atoms with Crippen molar-refractivity contribution >= 4 is 29.4 Å². The van der Waals surface area contributed by atoms with E-state index in [4.69, 9.17) is 20.5 Å². The molecule has 2 aromatic rings. The highest BCUT2D eigenvalue weighted by Crippen LogP contribution is 2.30. The van der Waals surface area contributed by atoms with E-state index < -0.39 is 52.7 Å². The lowest BCUT2D eigenvalue weighted by atomic mass is 10.1. The molecule has 172 valence electrons. The predicted octanol–water partition coefficient (Wildman–Crippen LogP) is 2.04. The van der Waals surface area contributed by atoms with Crippen LogP contribution in [0.4, 0.5) is 24.5 Å². The molecule has 12 heteroatoms. The zero-order chi connectivity index (χ0) is 23.7. The van der Waals surface area contributed by atoms with Crippen molar-refractivity contribution in [1.82, 2.24) is 5.48 Å². The van der Waals surface area contributed by atoms with Crippen LogP contribution in [0.15, 0.2) is 29.4 Å². The van der Waals surface area contributed by atoms with Crippen LogP contribution in [0.25, 0.3) is 0 Å². The molecule has 0 aliphatic heterocycles. The lowest BCUT2D eigenvalue weighted by molar-refractivity contribution is -0.119. The van der Waals surface area contributed by atoms with Crippen molar-refractivity contribution < 1.29 is 37.5 Å². The van der Waals surface area contributed by atoms with E-state index in [1.54, 1.807) is 6.92 Å². The Hall–Kier alpha value is -3.64. The summed E-state index contributed by atoms with van der Waals surface area (Å²) < 4.78 is 43.7. The zero-order valence-electron chi connectivity index (χ0n) is 17.0. The normalized spacial score (nSPS) is 10.9. The van der Waals surface area contributed by atoms with E-state index in [2.05, 4.69) is 10.5 Å². The van der Waals surface area contributed by atoms with Crippen LogP contribution in [0, 0.1) is 24.4 Å². The summed E-state index contributed by atoms with van der Waals surface area (Å²) in [4.78, 5) is 32.6. The molecule has 0 atom stereocenters. The van der Waals surface area contributed by atoms with Crippen LogP contribution < -0.4 is 16.5 Å². The van der Waals surface area contributed by atoms with Crippen molar-refractivity contribution in [3.63, 3.8) is 0 Å². The second-order valence-electron chi connectivity index (χ2n) is 6.41. The van der Waals surface area contributed by atoms with E-state index in [1.807, 2.05) is 5.48 Å². The van der Waals surface area contributed by atoms with Crippen LogP contribution in [-0.2, 0) is 14.5 Å². The molecule has 0 spiro atoms. The first-order valence-corrected chi connectivity index (χ1v) is 9.26. The minimum Gasteiger partial charge on any atom is -0.395 e. The van der Waals surface area contributed by atoms with Gasteiger partial charge in [-0.3, -0.25) is 14.4 Å². The SMILES string of the molecule is Cc1ccc(Nc2c(C(=O)NOCCO)cc(/C=N\OCCC(N)=O)c(F)c2F)c(F)c1. The Morgan fingerprint density at radius 1 is 1.19 bits per heavy atom. The van der Waals surface area contributed by atoms with E-state index >= 15 is 0 Å². The summed E-state index contributed by atoms with van der Waals surface area (Å²) in [5, 5.41) is 14.5. The van der Waals surface area contributed by atoms with Gasteiger partial charge >= 0.3 is 0 Å². The number of anilines is 2. The monoisotopic (exact) mass is 454 g/mol. The molecule has 0 saturated heterocycles. The molecule has 5 N–H and O–H groups in total. The fourth-order valence-electron chi connectivity index (χ4n) is 2.41. The number of nitrogens with zero attached hydrogens (tertiary/aromatic N) is 1. The number of nitrogens with two attached hydrogens (primary N) is 1. The van der Waals surface area contributed by atoms with Gasteiger partial charge in [-0.1, -0.05) is 11.2 Å². The van der Waals surface area contributed by atoms with Crippen molar-refractivity contribution in [2.75, 3.05) is 25.1 Å². The van der Waals surface area contributed by atoms with Gasteiger partial charge in [0.25, 0.3) is 5.91 Å². The van der Waals surface area contributed by atoms with Crippen molar-refractivity contribution in [1.29, 1.82) is 0 Å². The molecule has 0 aliphatic rings. The standard InChI is InChI=1S/C20H21F3N4O5/c1-11-2-3-15(14(21)8-11)26-19-13(20(30)27-32-7-5-28)9-12(17(22)18(19)23)10-25-31-6-4-16(24)29/h2-3,8-10,26,28H,4-7H2,1H3,(H2,24,29)(H,27,30)/b25-10-. The number of rotatable bonds is 11. The highest BCUT2D eigenvalue weighted by molar-refractivity contribution is 6.01. The minimum absolute atomic E-state index is 0.144. The van der Waals surface area contributed by atoms with Crippen molar-refractivity contribution in [2.24, 2.45) is 10.9 Å². The number of hydrogen-bond donors (Lipinski definition) is 4. The van der Waals surface area contributed by atoms with E-state index in [0.29, 0.717) is 5.56 Å². The van der Waals surface area contributed by atoms with Crippen LogP contribution in [0.3, 0.4) is 0 Å². The maximum Gasteiger partial charge on any atom is 0.277 e. The Kier molecular flexibility index (Phi) is 8.98. The molecular formula is C20H21F3N4O5. The van der Waals surface area contributed by atoms with Gasteiger partial charge in [0.1, 0.15) is 12.4 Å². The van der Waals surface area contributed by atoms with Gasteiger partial charge < -0.3 is 21.0 Å². The summed E-state index contributed by atoms with van der Waals surface area (Å²) in [5.74, 6) is -5.27. The predicted molar refractivity (Wildman–Crippen MR) is 109 cm³/mol. The molecule has 0 bridgehead atoms. The number of hydrogen-bond acceptors (Lipinski definition) is 7. The molecular weight excluding hydrogens is 433 g/mol. The Morgan fingerprint density at radius 3 is 2.59 bits per heavy atom. The summed E-state index contributed by atoms with van der Waals surface area (Å²) in [6, 6.07) is 4.94. The van der Waals surface area contributed by atoms with E-state index in [-0.39, 0.29) is 25.3 Å². The Morgan fingerprint density at radius 2 is 1.94 bits per heavy atom. The molecule has 32 heavy (non-hydrogen) atoms. The lowest BCUT2D eigenvalue weighted by Crippen LogP contribution is -2.26. The molecule has 0 radical (unpaired) electrons. The molecule has 0 aliphatic carbocycles. The Labute approximate surface area is 180 Å². The quantitative estimate of drug-likeness (QED) is 0.233. The van der Waals surface area contributed by atoms with Crippen LogP contribution in [-0.4, -0.2) is 43.0 Å². The summed E-state index contributed by atoms with van der Waals surface area (Å²) in [6.07, 6.45) is 0.649. The average Bonchev–Trinajstić information content (AvgIpc) is 2.74. The average molecular weight is 454 g/mol. The first-order valence-electron chi connectivity index (χ1n) is 9.26. The smallest absolute Gasteiger partial charge is 0.277 e. The summed E-state index contributed by atoms with van der Waals surface area (Å²) in [7, 11) is 0. The number of amides is 2. The number of aliphatic hydroxyl groups excluding tert-OH is 1. The molecule has 2 aromatic carbocycles. The topological polar surface area (TPSA) is 135 Å². The van der Waals surface area contributed by atoms with Gasteiger partial charge in [0.05, 0.1) is 42.8 Å². The number of aliphatic hydroxyl groups is 1. The molecule has 9 nitrogen and oxygen atoms in total. The van der Waals surface area contributed by atoms with Crippen LogP contribution >= 0.6 is 0 Å². The Balaban J connectivity index is 2.41. The molecule has 0 unspecified atom stereocenters. The number of benzene rings is 2. The van der Waals surface area contributed by atoms with Crippen molar-refractivity contribution in [3.8, 4) is 0 Å². The molecule has 0 aromatic heterocycles. The van der Waals surface area contributed by atoms with E-state index in [9.17, 15) is 22.8 Å². The highest BCUT2D eigenvalue weighted by Gasteiger charge is 2.23. The van der Waals surface area contributed by atoms with Crippen molar-refractivity contribution in [2.45, 2.75) is 13.3 Å². The van der Waals surface area contributed by atoms with Gasteiger partial charge in [-0.2, -0.15) is 0 Å². The van der Waals surface area contributed by atoms with E-state index in [1.165, 1.54) is 18.2 Å². The van der Waals surface area contributed by atoms with Crippen LogP contribution in [0.2, 0.25) is 0 Å². The third kappa shape index (κ3) is 6.68. The molecule has 0 saturated carbocycles. The summed E-state index contributed by atoms with van der Waals surface area (Å²) in [6.45, 7) is 0.791. The second kappa shape index (κ2) is 11.7. The maximum absolute atomic E-state index is 14.9. The molecule has 2 amide bonds. The van der Waals surface area contributed by atoms with Crippen molar-refractivity contribution in [3.05, 3.63) is 58.4 Å². The first-order chi connectivity index (χ1) is 15.2. The van der Waals surface area contributed by atoms with Gasteiger partial charge in [0, 0.05) is 5.56 Å². The first kappa shape index (κ1) is 24.6. The zero-order valence-corrected chi connectivity index (χ0v) is 17.0. The van der Waals surface area contributed by atoms with Gasteiger partial charge in [0.15, 0.2) is 11.6 Å². The third-order valence-electron chi connectivity index (χ3n) is 3.93. The lowest BCUT2D eigenvalue weighted by Gasteiger charge is -2.15. The number of hydroxylamine groups is 1. The summed E-state index contributed by atoms with van der Waals surface area (Å²) >= 11 is 0. The largest absolute Gasteiger partial charge is 0.395 e. The fraction of sp³-hybridized carbons (Fsp3) is 0.250.